The molecule has 0 spiro atoms. The van der Waals surface area contributed by atoms with E-state index in [4.69, 9.17) is 5.11 Å². The van der Waals surface area contributed by atoms with Crippen LogP contribution in [0.5, 0.6) is 0 Å². The predicted molar refractivity (Wildman–Crippen MR) is 68.1 cm³/mol. The summed E-state index contributed by atoms with van der Waals surface area (Å²) >= 11 is 0. The molecule has 0 fully saturated rings. The van der Waals surface area contributed by atoms with Gasteiger partial charge in [-0.3, -0.25) is 0 Å². The molecule has 1 nitrogen and oxygen atoms in total. The maximum atomic E-state index is 7.00. The average molecular weight is 297 g/mol. The molecular formula is C14H21OZr. The van der Waals surface area contributed by atoms with E-state index in [1.807, 2.05) is 24.3 Å². The second-order valence-corrected chi connectivity index (χ2v) is 2.92. The van der Waals surface area contributed by atoms with Crippen molar-refractivity contribution in [1.29, 1.82) is 0 Å². The number of hydrogen-bond donors (Lipinski definition) is 1. The van der Waals surface area contributed by atoms with Gasteiger partial charge in [0.1, 0.15) is 0 Å². The number of aliphatic hydroxyl groups excluding tert-OH is 1. The molecule has 0 aliphatic heterocycles. The third kappa shape index (κ3) is 11.6. The molecule has 0 heterocycles. The molecule has 2 rings (SSSR count). The first-order chi connectivity index (χ1) is 6.79. The summed E-state index contributed by atoms with van der Waals surface area (Å²) in [6.45, 7) is 4.17. The van der Waals surface area contributed by atoms with Crippen LogP contribution in [-0.4, -0.2) is 12.2 Å². The van der Waals surface area contributed by atoms with E-state index in [0.717, 1.165) is 7.11 Å². The van der Waals surface area contributed by atoms with E-state index in [9.17, 15) is 0 Å². The first-order valence-electron chi connectivity index (χ1n) is 4.60. The van der Waals surface area contributed by atoms with Crippen molar-refractivity contribution < 1.29 is 31.3 Å². The van der Waals surface area contributed by atoms with Gasteiger partial charge in [0.15, 0.2) is 0 Å². The zero-order chi connectivity index (χ0) is 10.8. The van der Waals surface area contributed by atoms with Crippen molar-refractivity contribution in [3.05, 3.63) is 67.1 Å². The fourth-order valence-corrected chi connectivity index (χ4v) is 0.940. The van der Waals surface area contributed by atoms with Crippen molar-refractivity contribution in [3.63, 3.8) is 0 Å². The molecule has 0 aliphatic rings. The van der Waals surface area contributed by atoms with Gasteiger partial charge >= 0.3 is 26.2 Å². The van der Waals surface area contributed by atoms with E-state index >= 15 is 0 Å². The summed E-state index contributed by atoms with van der Waals surface area (Å²) < 4.78 is 0. The molecule has 0 atom stereocenters. The van der Waals surface area contributed by atoms with E-state index < -0.39 is 0 Å². The Bertz CT molecular complexity index is 250. The maximum absolute atomic E-state index is 7.00. The third-order valence-corrected chi connectivity index (χ3v) is 1.66. The zero-order valence-corrected chi connectivity index (χ0v) is 13.0. The van der Waals surface area contributed by atoms with Crippen LogP contribution < -0.4 is 0 Å². The van der Waals surface area contributed by atoms with Crippen LogP contribution in [0.25, 0.3) is 0 Å². The molecule has 0 unspecified atom stereocenters. The monoisotopic (exact) mass is 295 g/mol. The first-order valence-corrected chi connectivity index (χ1v) is 4.60. The van der Waals surface area contributed by atoms with Gasteiger partial charge in [0.05, 0.1) is 0 Å². The van der Waals surface area contributed by atoms with Gasteiger partial charge in [-0.15, -0.1) is 0 Å². The van der Waals surface area contributed by atoms with Crippen LogP contribution in [0.1, 0.15) is 11.1 Å². The van der Waals surface area contributed by atoms with Crippen LogP contribution in [0, 0.1) is 21.3 Å². The van der Waals surface area contributed by atoms with Gasteiger partial charge < -0.3 is 12.5 Å². The largest absolute Gasteiger partial charge is 3.00 e. The Labute approximate surface area is 119 Å². The molecule has 1 N–H and O–H groups in total. The average Bonchev–Trinajstić information content (AvgIpc) is 2.83. The Balaban J connectivity index is -0.000000165. The molecule has 1 radical (unpaired) electrons. The van der Waals surface area contributed by atoms with Crippen molar-refractivity contribution in [2.24, 2.45) is 0 Å². The third-order valence-electron chi connectivity index (χ3n) is 1.66. The predicted octanol–water partition coefficient (Wildman–Crippen LogP) is 3.48. The molecule has 16 heavy (non-hydrogen) atoms. The number of aliphatic hydroxyl groups is 1. The number of rotatable bonds is 0. The topological polar surface area (TPSA) is 20.2 Å². The van der Waals surface area contributed by atoms with Crippen LogP contribution in [-0.2, 0) is 26.2 Å². The van der Waals surface area contributed by atoms with Crippen LogP contribution >= 0.6 is 0 Å². The van der Waals surface area contributed by atoms with E-state index in [1.165, 1.54) is 11.1 Å². The first kappa shape index (κ1) is 20.9. The molecule has 0 aliphatic carbocycles. The van der Waals surface area contributed by atoms with Crippen LogP contribution in [0.3, 0.4) is 0 Å². The summed E-state index contributed by atoms with van der Waals surface area (Å²) in [6.07, 6.45) is 0. The van der Waals surface area contributed by atoms with Crippen molar-refractivity contribution in [2.75, 3.05) is 7.11 Å². The minimum absolute atomic E-state index is 0. The van der Waals surface area contributed by atoms with E-state index in [-0.39, 0.29) is 33.6 Å². The molecule has 87 valence electrons. The molecule has 0 amide bonds. The Morgan fingerprint density at radius 1 is 0.688 bits per heavy atom. The summed E-state index contributed by atoms with van der Waals surface area (Å²) in [5.41, 5.74) is 2.69. The standard InChI is InChI=1S/2C6H7.CH4O.CH3.Zr/c2*1-6-4-2-3-5-6;1-2;;/h2*2-5H,1H3;2H,1H3;1H3;/q2*-1;;-1;+3. The van der Waals surface area contributed by atoms with E-state index in [0.29, 0.717) is 0 Å². The minimum atomic E-state index is 0. The van der Waals surface area contributed by atoms with Gasteiger partial charge in [-0.1, -0.05) is 13.8 Å². The zero-order valence-electron chi connectivity index (χ0n) is 10.6. The molecule has 0 bridgehead atoms. The Morgan fingerprint density at radius 3 is 0.938 bits per heavy atom. The van der Waals surface area contributed by atoms with Gasteiger partial charge in [0.2, 0.25) is 0 Å². The number of aryl methyl sites for hydroxylation is 2. The summed E-state index contributed by atoms with van der Waals surface area (Å²) in [5, 5.41) is 7.00. The summed E-state index contributed by atoms with van der Waals surface area (Å²) in [4.78, 5) is 0. The van der Waals surface area contributed by atoms with Gasteiger partial charge in [-0.05, 0) is 0 Å². The van der Waals surface area contributed by atoms with E-state index in [1.54, 1.807) is 0 Å². The molecule has 2 aromatic rings. The SMILES string of the molecule is CO.C[c-]1cccc1.C[c-]1cccc1.[CH3-].[Zr+3]. The van der Waals surface area contributed by atoms with Crippen LogP contribution in [0.4, 0.5) is 0 Å². The molecule has 2 heteroatoms. The van der Waals surface area contributed by atoms with Crippen molar-refractivity contribution in [1.82, 2.24) is 0 Å². The van der Waals surface area contributed by atoms with Crippen molar-refractivity contribution in [2.45, 2.75) is 13.8 Å². The second-order valence-electron chi connectivity index (χ2n) is 2.92. The van der Waals surface area contributed by atoms with Gasteiger partial charge in [0, 0.05) is 7.11 Å². The smallest absolute Gasteiger partial charge is 0.400 e. The Kier molecular flexibility index (Phi) is 19.0. The van der Waals surface area contributed by atoms with Gasteiger partial charge in [-0.25, -0.2) is 24.3 Å². The summed E-state index contributed by atoms with van der Waals surface area (Å²) in [6, 6.07) is 16.5. The summed E-state index contributed by atoms with van der Waals surface area (Å²) in [7, 11) is 1.00. The number of hydrogen-bond acceptors (Lipinski definition) is 1. The quantitative estimate of drug-likeness (QED) is 0.738. The molecular weight excluding hydrogens is 275 g/mol. The fraction of sp³-hybridized carbons (Fsp3) is 0.214. The Hall–Kier alpha value is -0.457. The van der Waals surface area contributed by atoms with Crippen molar-refractivity contribution in [3.8, 4) is 0 Å². The molecule has 0 aromatic heterocycles. The minimum Gasteiger partial charge on any atom is -0.400 e. The summed E-state index contributed by atoms with van der Waals surface area (Å²) in [5.74, 6) is 0. The Morgan fingerprint density at radius 2 is 0.875 bits per heavy atom. The van der Waals surface area contributed by atoms with Crippen LogP contribution in [0.2, 0.25) is 0 Å². The van der Waals surface area contributed by atoms with Crippen LogP contribution in [0.15, 0.2) is 48.5 Å². The second kappa shape index (κ2) is 14.5. The van der Waals surface area contributed by atoms with Gasteiger partial charge in [-0.2, -0.15) is 35.4 Å². The maximum Gasteiger partial charge on any atom is 3.00 e. The molecule has 0 saturated carbocycles. The van der Waals surface area contributed by atoms with Crippen molar-refractivity contribution >= 4 is 0 Å². The van der Waals surface area contributed by atoms with Gasteiger partial charge in [0.25, 0.3) is 0 Å². The van der Waals surface area contributed by atoms with E-state index in [2.05, 4.69) is 38.1 Å². The molecule has 0 saturated heterocycles. The normalized spacial score (nSPS) is 7.00. The molecule has 2 aromatic carbocycles. The fourth-order valence-electron chi connectivity index (χ4n) is 0.940.